The number of rotatable bonds is 4. The normalized spacial score (nSPS) is 12.0. The van der Waals surface area contributed by atoms with Crippen LogP contribution < -0.4 is 10.9 Å². The molecule has 7 heteroatoms. The molecule has 5 nitrogen and oxygen atoms in total. The molecule has 3 aromatic carbocycles. The predicted octanol–water partition coefficient (Wildman–Crippen LogP) is 4.15. The molecule has 1 amide bonds. The largest absolute Gasteiger partial charge is 0.344 e. The molecule has 1 aromatic heterocycles. The van der Waals surface area contributed by atoms with Crippen LogP contribution in [0.25, 0.3) is 16.5 Å². The highest BCUT2D eigenvalue weighted by Crippen LogP contribution is 2.20. The Labute approximate surface area is 170 Å². The number of hydrogen-bond acceptors (Lipinski definition) is 3. The quantitative estimate of drug-likeness (QED) is 0.555. The molecule has 0 fully saturated rings. The lowest BCUT2D eigenvalue weighted by Gasteiger charge is -2.16. The van der Waals surface area contributed by atoms with Gasteiger partial charge in [0.15, 0.2) is 5.69 Å². The first-order valence-corrected chi connectivity index (χ1v) is 9.29. The molecule has 1 heterocycles. The number of carbonyl (C=O) groups excluding carboxylic acids is 1. The van der Waals surface area contributed by atoms with Gasteiger partial charge in [-0.1, -0.05) is 42.5 Å². The molecule has 1 atom stereocenters. The molecule has 4 rings (SSSR count). The summed E-state index contributed by atoms with van der Waals surface area (Å²) in [6.45, 7) is 1.59. The van der Waals surface area contributed by atoms with Crippen molar-refractivity contribution in [1.82, 2.24) is 15.1 Å². The number of carbonyl (C=O) groups is 1. The molecule has 0 unspecified atom stereocenters. The standard InChI is InChI=1S/C23H17F2N3O2/c1-14(17-12-11-15(24)13-20(17)25)26-22(29)21-18-9-5-6-10-19(18)23(30)28(27-21)16-7-3-2-4-8-16/h2-14H,1H3,(H,26,29)/t14-/m1/s1. The molecule has 0 saturated carbocycles. The van der Waals surface area contributed by atoms with Gasteiger partial charge in [-0.05, 0) is 31.2 Å². The van der Waals surface area contributed by atoms with Gasteiger partial charge in [0.25, 0.3) is 11.5 Å². The molecule has 0 saturated heterocycles. The highest BCUT2D eigenvalue weighted by molar-refractivity contribution is 6.05. The van der Waals surface area contributed by atoms with Gasteiger partial charge < -0.3 is 5.32 Å². The Kier molecular flexibility index (Phi) is 5.10. The highest BCUT2D eigenvalue weighted by atomic mass is 19.1. The number of halogens is 2. The Morgan fingerprint density at radius 2 is 1.63 bits per heavy atom. The first kappa shape index (κ1) is 19.4. The summed E-state index contributed by atoms with van der Waals surface area (Å²) >= 11 is 0. The van der Waals surface area contributed by atoms with Gasteiger partial charge in [-0.3, -0.25) is 9.59 Å². The van der Waals surface area contributed by atoms with E-state index in [2.05, 4.69) is 10.4 Å². The third-order valence-corrected chi connectivity index (χ3v) is 4.80. The topological polar surface area (TPSA) is 64.0 Å². The van der Waals surface area contributed by atoms with Crippen molar-refractivity contribution < 1.29 is 13.6 Å². The number of hydrogen-bond donors (Lipinski definition) is 1. The van der Waals surface area contributed by atoms with E-state index in [0.29, 0.717) is 16.5 Å². The van der Waals surface area contributed by atoms with Crippen LogP contribution in [-0.2, 0) is 0 Å². The number of fused-ring (bicyclic) bond motifs is 1. The number of para-hydroxylation sites is 1. The van der Waals surface area contributed by atoms with Crippen molar-refractivity contribution >= 4 is 16.7 Å². The highest BCUT2D eigenvalue weighted by Gasteiger charge is 2.20. The summed E-state index contributed by atoms with van der Waals surface area (Å²) < 4.78 is 28.4. The molecular formula is C23H17F2N3O2. The van der Waals surface area contributed by atoms with E-state index in [1.165, 1.54) is 10.7 Å². The molecule has 150 valence electrons. The van der Waals surface area contributed by atoms with Gasteiger partial charge >= 0.3 is 0 Å². The van der Waals surface area contributed by atoms with E-state index >= 15 is 0 Å². The Balaban J connectivity index is 1.79. The summed E-state index contributed by atoms with van der Waals surface area (Å²) in [6, 6.07) is 17.9. The number of amides is 1. The number of benzene rings is 3. The zero-order valence-corrected chi connectivity index (χ0v) is 16.0. The Morgan fingerprint density at radius 1 is 0.967 bits per heavy atom. The average Bonchev–Trinajstić information content (AvgIpc) is 2.74. The molecule has 1 N–H and O–H groups in total. The summed E-state index contributed by atoms with van der Waals surface area (Å²) in [5.41, 5.74) is 0.333. The minimum Gasteiger partial charge on any atom is -0.344 e. The Morgan fingerprint density at radius 3 is 2.33 bits per heavy atom. The zero-order valence-electron chi connectivity index (χ0n) is 16.0. The first-order valence-electron chi connectivity index (χ1n) is 9.29. The molecule has 0 aliphatic carbocycles. The lowest BCUT2D eigenvalue weighted by molar-refractivity contribution is 0.0934. The van der Waals surface area contributed by atoms with Crippen LogP contribution in [0.3, 0.4) is 0 Å². The molecule has 30 heavy (non-hydrogen) atoms. The van der Waals surface area contributed by atoms with Crippen LogP contribution in [0.1, 0.15) is 29.0 Å². The summed E-state index contributed by atoms with van der Waals surface area (Å²) in [6.07, 6.45) is 0. The van der Waals surface area contributed by atoms with Crippen LogP contribution in [-0.4, -0.2) is 15.7 Å². The molecule has 0 aliphatic rings. The molecule has 0 radical (unpaired) electrons. The van der Waals surface area contributed by atoms with Crippen molar-refractivity contribution in [3.8, 4) is 5.69 Å². The third kappa shape index (κ3) is 3.57. The smallest absolute Gasteiger partial charge is 0.279 e. The number of aromatic nitrogens is 2. The van der Waals surface area contributed by atoms with Gasteiger partial charge in [-0.25, -0.2) is 8.78 Å². The van der Waals surface area contributed by atoms with Crippen molar-refractivity contribution in [1.29, 1.82) is 0 Å². The molecule has 0 spiro atoms. The molecule has 0 bridgehead atoms. The number of nitrogens with one attached hydrogen (secondary N) is 1. The minimum atomic E-state index is -0.755. The van der Waals surface area contributed by atoms with Crippen molar-refractivity contribution in [2.75, 3.05) is 0 Å². The monoisotopic (exact) mass is 405 g/mol. The summed E-state index contributed by atoms with van der Waals surface area (Å²) in [5, 5.41) is 7.70. The maximum atomic E-state index is 14.1. The van der Waals surface area contributed by atoms with Crippen LogP contribution in [0.15, 0.2) is 77.6 Å². The first-order chi connectivity index (χ1) is 14.5. The lowest BCUT2D eigenvalue weighted by Crippen LogP contribution is -2.31. The van der Waals surface area contributed by atoms with Crippen LogP contribution >= 0.6 is 0 Å². The maximum Gasteiger partial charge on any atom is 0.279 e. The fourth-order valence-electron chi connectivity index (χ4n) is 3.30. The van der Waals surface area contributed by atoms with Gasteiger partial charge in [-0.15, -0.1) is 0 Å². The van der Waals surface area contributed by atoms with Gasteiger partial charge in [-0.2, -0.15) is 9.78 Å². The fraction of sp³-hybridized carbons (Fsp3) is 0.0870. The van der Waals surface area contributed by atoms with Gasteiger partial charge in [0.1, 0.15) is 11.6 Å². The maximum absolute atomic E-state index is 14.1. The van der Waals surface area contributed by atoms with Crippen molar-refractivity contribution in [2.45, 2.75) is 13.0 Å². The van der Waals surface area contributed by atoms with E-state index in [0.717, 1.165) is 12.1 Å². The Hall–Kier alpha value is -3.87. The third-order valence-electron chi connectivity index (χ3n) is 4.80. The second-order valence-corrected chi connectivity index (χ2v) is 6.81. The lowest BCUT2D eigenvalue weighted by atomic mass is 10.1. The van der Waals surface area contributed by atoms with Crippen molar-refractivity contribution in [3.63, 3.8) is 0 Å². The SMILES string of the molecule is C[C@@H](NC(=O)c1nn(-c2ccccc2)c(=O)c2ccccc12)c1ccc(F)cc1F. The molecule has 4 aromatic rings. The van der Waals surface area contributed by atoms with Gasteiger partial charge in [0.05, 0.1) is 17.1 Å². The summed E-state index contributed by atoms with van der Waals surface area (Å²) in [4.78, 5) is 25.9. The van der Waals surface area contributed by atoms with E-state index in [1.807, 2.05) is 6.07 Å². The van der Waals surface area contributed by atoms with E-state index in [9.17, 15) is 18.4 Å². The average molecular weight is 405 g/mol. The summed E-state index contributed by atoms with van der Waals surface area (Å²) in [5.74, 6) is -2.03. The second kappa shape index (κ2) is 7.87. The predicted molar refractivity (Wildman–Crippen MR) is 110 cm³/mol. The van der Waals surface area contributed by atoms with Crippen LogP contribution in [0.4, 0.5) is 8.78 Å². The zero-order chi connectivity index (χ0) is 21.3. The van der Waals surface area contributed by atoms with E-state index in [1.54, 1.807) is 55.5 Å². The van der Waals surface area contributed by atoms with E-state index in [4.69, 9.17) is 0 Å². The summed E-state index contributed by atoms with van der Waals surface area (Å²) in [7, 11) is 0. The number of nitrogens with zero attached hydrogens (tertiary/aromatic N) is 2. The second-order valence-electron chi connectivity index (χ2n) is 6.81. The van der Waals surface area contributed by atoms with Crippen LogP contribution in [0.5, 0.6) is 0 Å². The van der Waals surface area contributed by atoms with Crippen LogP contribution in [0.2, 0.25) is 0 Å². The van der Waals surface area contributed by atoms with Gasteiger partial charge in [0, 0.05) is 17.0 Å². The molecule has 0 aliphatic heterocycles. The van der Waals surface area contributed by atoms with E-state index < -0.39 is 23.6 Å². The van der Waals surface area contributed by atoms with Crippen LogP contribution in [0, 0.1) is 11.6 Å². The fourth-order valence-corrected chi connectivity index (χ4v) is 3.30. The molecular weight excluding hydrogens is 388 g/mol. The van der Waals surface area contributed by atoms with Gasteiger partial charge in [0.2, 0.25) is 0 Å². The minimum absolute atomic E-state index is 0.0309. The Bertz CT molecular complexity index is 1300. The van der Waals surface area contributed by atoms with E-state index in [-0.39, 0.29) is 16.8 Å². The van der Waals surface area contributed by atoms with Crippen molar-refractivity contribution in [2.24, 2.45) is 0 Å². The van der Waals surface area contributed by atoms with Crippen molar-refractivity contribution in [3.05, 3.63) is 106 Å².